The number of aryl methyl sites for hydroxylation is 2. The Morgan fingerprint density at radius 2 is 2.04 bits per heavy atom. The number of rotatable bonds is 3. The number of carboxylic acids is 1. The summed E-state index contributed by atoms with van der Waals surface area (Å²) in [5.41, 5.74) is -0.00635. The lowest BCUT2D eigenvalue weighted by molar-refractivity contribution is -0.137. The topological polar surface area (TPSA) is 73.6 Å². The molecule has 1 saturated heterocycles. The zero-order chi connectivity index (χ0) is 19.2. The summed E-state index contributed by atoms with van der Waals surface area (Å²) in [6.45, 7) is 1.80. The molecule has 2 aliphatic rings. The van der Waals surface area contributed by atoms with E-state index in [9.17, 15) is 18.0 Å². The molecule has 1 aromatic carbocycles. The number of carboxylic acid groups (broad SMARTS) is 1. The summed E-state index contributed by atoms with van der Waals surface area (Å²) < 4.78 is 53.4. The van der Waals surface area contributed by atoms with Gasteiger partial charge < -0.3 is 14.6 Å². The van der Waals surface area contributed by atoms with Crippen LogP contribution >= 0.6 is 0 Å². The van der Waals surface area contributed by atoms with E-state index in [-0.39, 0.29) is 22.9 Å². The summed E-state index contributed by atoms with van der Waals surface area (Å²) in [6, 6.07) is 2.00. The SMILES string of the molecule is O=C(O)c1cc2c(c(C(F)(F)F)c1)-c1nn(C[C@H]3COCCO3)cc1CC2. The maximum absolute atomic E-state index is 13.6. The van der Waals surface area contributed by atoms with Crippen molar-refractivity contribution in [1.29, 1.82) is 0 Å². The van der Waals surface area contributed by atoms with Gasteiger partial charge >= 0.3 is 12.1 Å². The minimum atomic E-state index is -4.67. The molecule has 1 N–H and O–H groups in total. The highest BCUT2D eigenvalue weighted by molar-refractivity contribution is 5.90. The third kappa shape index (κ3) is 3.44. The summed E-state index contributed by atoms with van der Waals surface area (Å²) in [4.78, 5) is 11.2. The van der Waals surface area contributed by atoms with Crippen molar-refractivity contribution in [2.24, 2.45) is 0 Å². The molecule has 6 nitrogen and oxygen atoms in total. The lowest BCUT2D eigenvalue weighted by atomic mass is 9.85. The largest absolute Gasteiger partial charge is 0.478 e. The summed E-state index contributed by atoms with van der Waals surface area (Å²) >= 11 is 0. The molecule has 0 saturated carbocycles. The molecule has 0 radical (unpaired) electrons. The molecule has 9 heteroatoms. The van der Waals surface area contributed by atoms with Gasteiger partial charge in [-0.2, -0.15) is 18.3 Å². The molecule has 1 atom stereocenters. The van der Waals surface area contributed by atoms with Gasteiger partial charge in [-0.05, 0) is 36.1 Å². The van der Waals surface area contributed by atoms with Crippen LogP contribution < -0.4 is 0 Å². The Labute approximate surface area is 152 Å². The van der Waals surface area contributed by atoms with Crippen LogP contribution in [0.2, 0.25) is 0 Å². The smallest absolute Gasteiger partial charge is 0.417 e. The third-order valence-electron chi connectivity index (χ3n) is 4.79. The van der Waals surface area contributed by atoms with Crippen LogP contribution in [0.3, 0.4) is 0 Å². The minimum Gasteiger partial charge on any atom is -0.478 e. The van der Waals surface area contributed by atoms with Crippen molar-refractivity contribution in [3.8, 4) is 11.3 Å². The Morgan fingerprint density at radius 3 is 2.70 bits per heavy atom. The summed E-state index contributed by atoms with van der Waals surface area (Å²) in [6.07, 6.45) is -2.29. The normalized spacial score (nSPS) is 19.4. The number of hydrogen-bond acceptors (Lipinski definition) is 4. The molecule has 27 heavy (non-hydrogen) atoms. The first kappa shape index (κ1) is 18.0. The molecule has 0 bridgehead atoms. The number of aromatic nitrogens is 2. The highest BCUT2D eigenvalue weighted by atomic mass is 19.4. The summed E-state index contributed by atoms with van der Waals surface area (Å²) in [5.74, 6) is -1.38. The second kappa shape index (κ2) is 6.65. The van der Waals surface area contributed by atoms with Gasteiger partial charge in [0, 0.05) is 11.8 Å². The number of carbonyl (C=O) groups is 1. The number of nitrogens with zero attached hydrogens (tertiary/aromatic N) is 2. The van der Waals surface area contributed by atoms with E-state index in [1.165, 1.54) is 6.07 Å². The van der Waals surface area contributed by atoms with E-state index in [2.05, 4.69) is 5.10 Å². The number of hydrogen-bond donors (Lipinski definition) is 1. The Bertz CT molecular complexity index is 885. The van der Waals surface area contributed by atoms with Crippen molar-refractivity contribution in [2.75, 3.05) is 19.8 Å². The molecule has 1 fully saturated rings. The van der Waals surface area contributed by atoms with Crippen molar-refractivity contribution < 1.29 is 32.5 Å². The average molecular weight is 382 g/mol. The molecular formula is C18H17F3N2O4. The predicted molar refractivity (Wildman–Crippen MR) is 87.6 cm³/mol. The number of halogens is 3. The van der Waals surface area contributed by atoms with Gasteiger partial charge in [-0.15, -0.1) is 0 Å². The Hall–Kier alpha value is -2.39. The highest BCUT2D eigenvalue weighted by Gasteiger charge is 2.38. The van der Waals surface area contributed by atoms with Gasteiger partial charge in [0.25, 0.3) is 0 Å². The number of ether oxygens (including phenoxy) is 2. The molecule has 1 aliphatic heterocycles. The second-order valence-corrected chi connectivity index (χ2v) is 6.65. The maximum Gasteiger partial charge on any atom is 0.417 e. The lowest BCUT2D eigenvalue weighted by Crippen LogP contribution is -2.32. The quantitative estimate of drug-likeness (QED) is 0.884. The van der Waals surface area contributed by atoms with Crippen LogP contribution in [0.4, 0.5) is 13.2 Å². The molecule has 144 valence electrons. The zero-order valence-electron chi connectivity index (χ0n) is 14.3. The van der Waals surface area contributed by atoms with Crippen molar-refractivity contribution in [3.63, 3.8) is 0 Å². The molecule has 1 aliphatic carbocycles. The Morgan fingerprint density at radius 1 is 1.26 bits per heavy atom. The predicted octanol–water partition coefficient (Wildman–Crippen LogP) is 2.78. The van der Waals surface area contributed by atoms with E-state index in [0.717, 1.165) is 0 Å². The van der Waals surface area contributed by atoms with Gasteiger partial charge in [0.15, 0.2) is 0 Å². The van der Waals surface area contributed by atoms with E-state index in [0.29, 0.717) is 56.4 Å². The van der Waals surface area contributed by atoms with Gasteiger partial charge in [-0.1, -0.05) is 0 Å². The van der Waals surface area contributed by atoms with Gasteiger partial charge in [-0.3, -0.25) is 4.68 Å². The summed E-state index contributed by atoms with van der Waals surface area (Å²) in [5, 5.41) is 13.5. The van der Waals surface area contributed by atoms with Crippen LogP contribution in [0.15, 0.2) is 18.3 Å². The van der Waals surface area contributed by atoms with E-state index < -0.39 is 17.7 Å². The van der Waals surface area contributed by atoms with Gasteiger partial charge in [0.1, 0.15) is 6.10 Å². The Kier molecular flexibility index (Phi) is 4.43. The van der Waals surface area contributed by atoms with E-state index in [1.807, 2.05) is 0 Å². The fourth-order valence-electron chi connectivity index (χ4n) is 3.60. The number of aromatic carboxylic acids is 1. The molecular weight excluding hydrogens is 365 g/mol. The first-order valence-electron chi connectivity index (χ1n) is 8.56. The first-order valence-corrected chi connectivity index (χ1v) is 8.56. The van der Waals surface area contributed by atoms with Crippen molar-refractivity contribution >= 4 is 5.97 Å². The minimum absolute atomic E-state index is 0.0201. The lowest BCUT2D eigenvalue weighted by Gasteiger charge is -2.22. The molecule has 0 unspecified atom stereocenters. The van der Waals surface area contributed by atoms with Crippen LogP contribution in [0.1, 0.15) is 27.0 Å². The molecule has 1 aromatic heterocycles. The van der Waals surface area contributed by atoms with E-state index in [4.69, 9.17) is 14.6 Å². The molecule has 2 aromatic rings. The van der Waals surface area contributed by atoms with E-state index >= 15 is 0 Å². The third-order valence-corrected chi connectivity index (χ3v) is 4.79. The van der Waals surface area contributed by atoms with Gasteiger partial charge in [0.2, 0.25) is 0 Å². The highest BCUT2D eigenvalue weighted by Crippen LogP contribution is 2.43. The first-order chi connectivity index (χ1) is 12.8. The monoisotopic (exact) mass is 382 g/mol. The number of fused-ring (bicyclic) bond motifs is 3. The summed E-state index contributed by atoms with van der Waals surface area (Å²) in [7, 11) is 0. The van der Waals surface area contributed by atoms with Crippen LogP contribution in [-0.4, -0.2) is 46.8 Å². The number of alkyl halides is 3. The zero-order valence-corrected chi connectivity index (χ0v) is 14.3. The van der Waals surface area contributed by atoms with Crippen molar-refractivity contribution in [1.82, 2.24) is 9.78 Å². The Balaban J connectivity index is 1.76. The van der Waals surface area contributed by atoms with Crippen LogP contribution in [0.25, 0.3) is 11.3 Å². The fourth-order valence-corrected chi connectivity index (χ4v) is 3.60. The molecule has 4 rings (SSSR count). The van der Waals surface area contributed by atoms with Crippen LogP contribution in [0.5, 0.6) is 0 Å². The molecule has 0 spiro atoms. The van der Waals surface area contributed by atoms with Crippen LogP contribution in [0, 0.1) is 0 Å². The van der Waals surface area contributed by atoms with Gasteiger partial charge in [-0.25, -0.2) is 4.79 Å². The fraction of sp³-hybridized carbons (Fsp3) is 0.444. The van der Waals surface area contributed by atoms with Crippen molar-refractivity contribution in [2.45, 2.75) is 31.7 Å². The van der Waals surface area contributed by atoms with Gasteiger partial charge in [0.05, 0.1) is 43.2 Å². The van der Waals surface area contributed by atoms with Crippen molar-refractivity contribution in [3.05, 3.63) is 40.6 Å². The van der Waals surface area contributed by atoms with E-state index in [1.54, 1.807) is 10.9 Å². The number of benzene rings is 1. The maximum atomic E-state index is 13.6. The van der Waals surface area contributed by atoms with Crippen LogP contribution in [-0.2, 0) is 35.0 Å². The average Bonchev–Trinajstić information content (AvgIpc) is 3.03. The molecule has 0 amide bonds. The molecule has 2 heterocycles. The standard InChI is InChI=1S/C18H17F3N2O4/c19-18(20,21)14-6-12(17(24)25)5-10-1-2-11-7-23(22-16(11)15(10)14)8-13-9-26-3-4-27-13/h5-7,13H,1-4,8-9H2,(H,24,25)/t13-/m0/s1. The second-order valence-electron chi connectivity index (χ2n) is 6.65.